The number of aryl methyl sites for hydroxylation is 1. The molecule has 0 bridgehead atoms. The number of carbonyl (C=O) groups excluding carboxylic acids is 2. The molecular formula is C21H22N2O3S. The van der Waals surface area contributed by atoms with E-state index in [4.69, 9.17) is 4.74 Å². The Kier molecular flexibility index (Phi) is 4.99. The molecule has 2 aromatic heterocycles. The SMILES string of the molecule is Cn1c(C(=O)O[C@H](C(=O)NC2CCCC2)c2ccccc2)cc2sccc21. The molecule has 1 fully saturated rings. The number of benzene rings is 1. The first-order valence-electron chi connectivity index (χ1n) is 9.22. The molecule has 1 aliphatic rings. The van der Waals surface area contributed by atoms with Crippen LogP contribution in [0.1, 0.15) is 47.8 Å². The highest BCUT2D eigenvalue weighted by Crippen LogP contribution is 2.27. The second kappa shape index (κ2) is 7.56. The first-order chi connectivity index (χ1) is 13.1. The Labute approximate surface area is 161 Å². The van der Waals surface area contributed by atoms with Crippen LogP contribution in [0.4, 0.5) is 0 Å². The molecular weight excluding hydrogens is 360 g/mol. The molecule has 0 aliphatic heterocycles. The average Bonchev–Trinajstić information content (AvgIpc) is 3.40. The summed E-state index contributed by atoms with van der Waals surface area (Å²) in [7, 11) is 1.84. The van der Waals surface area contributed by atoms with Gasteiger partial charge in [-0.25, -0.2) is 4.79 Å². The zero-order valence-corrected chi connectivity index (χ0v) is 16.0. The minimum absolute atomic E-state index is 0.169. The van der Waals surface area contributed by atoms with Crippen molar-refractivity contribution in [1.29, 1.82) is 0 Å². The van der Waals surface area contributed by atoms with Crippen molar-refractivity contribution in [2.75, 3.05) is 0 Å². The van der Waals surface area contributed by atoms with Crippen LogP contribution in [0.25, 0.3) is 10.2 Å². The van der Waals surface area contributed by atoms with Gasteiger partial charge in [-0.2, -0.15) is 0 Å². The number of aromatic nitrogens is 1. The summed E-state index contributed by atoms with van der Waals surface area (Å²) < 4.78 is 8.54. The molecule has 27 heavy (non-hydrogen) atoms. The third-order valence-corrected chi connectivity index (χ3v) is 5.99. The summed E-state index contributed by atoms with van der Waals surface area (Å²) in [6.45, 7) is 0. The lowest BCUT2D eigenvalue weighted by molar-refractivity contribution is -0.131. The number of thiophene rings is 1. The molecule has 1 N–H and O–H groups in total. The van der Waals surface area contributed by atoms with Crippen molar-refractivity contribution in [3.8, 4) is 0 Å². The minimum atomic E-state index is -0.952. The summed E-state index contributed by atoms with van der Waals surface area (Å²) in [5.74, 6) is -0.742. The quantitative estimate of drug-likeness (QED) is 0.673. The number of hydrogen-bond donors (Lipinski definition) is 1. The van der Waals surface area contributed by atoms with Gasteiger partial charge in [-0.15, -0.1) is 11.3 Å². The van der Waals surface area contributed by atoms with Crippen LogP contribution in [-0.2, 0) is 16.6 Å². The van der Waals surface area contributed by atoms with E-state index < -0.39 is 12.1 Å². The van der Waals surface area contributed by atoms with Crippen molar-refractivity contribution in [3.63, 3.8) is 0 Å². The first kappa shape index (κ1) is 17.8. The second-order valence-electron chi connectivity index (χ2n) is 6.94. The van der Waals surface area contributed by atoms with E-state index in [-0.39, 0.29) is 11.9 Å². The van der Waals surface area contributed by atoms with Crippen LogP contribution < -0.4 is 5.32 Å². The number of carbonyl (C=O) groups is 2. The summed E-state index contributed by atoms with van der Waals surface area (Å²) in [6, 6.07) is 13.2. The zero-order valence-electron chi connectivity index (χ0n) is 15.2. The molecule has 6 heteroatoms. The second-order valence-corrected chi connectivity index (χ2v) is 7.89. The lowest BCUT2D eigenvalue weighted by Crippen LogP contribution is -2.38. The molecule has 1 aromatic carbocycles. The predicted molar refractivity (Wildman–Crippen MR) is 106 cm³/mol. The maximum atomic E-state index is 12.9. The largest absolute Gasteiger partial charge is 0.443 e. The van der Waals surface area contributed by atoms with Crippen molar-refractivity contribution in [2.45, 2.75) is 37.8 Å². The molecule has 0 spiro atoms. The molecule has 140 valence electrons. The Balaban J connectivity index is 1.58. The standard InChI is InChI=1S/C21H22N2O3S/c1-23-16-11-12-27-18(16)13-17(23)21(25)26-19(14-7-3-2-4-8-14)20(24)22-15-9-5-6-10-15/h2-4,7-8,11-13,15,19H,5-6,9-10H2,1H3,(H,22,24)/t19-/m0/s1. The Hall–Kier alpha value is -2.60. The number of hydrogen-bond acceptors (Lipinski definition) is 4. The van der Waals surface area contributed by atoms with Gasteiger partial charge in [0.2, 0.25) is 6.10 Å². The summed E-state index contributed by atoms with van der Waals surface area (Å²) >= 11 is 1.57. The van der Waals surface area contributed by atoms with Gasteiger partial charge in [-0.1, -0.05) is 43.2 Å². The molecule has 1 atom stereocenters. The van der Waals surface area contributed by atoms with Crippen LogP contribution in [0.15, 0.2) is 47.8 Å². The van der Waals surface area contributed by atoms with Crippen LogP contribution >= 0.6 is 11.3 Å². The Bertz CT molecular complexity index is 954. The fourth-order valence-electron chi connectivity index (χ4n) is 3.66. The molecule has 1 saturated carbocycles. The fraction of sp³-hybridized carbons (Fsp3) is 0.333. The number of ether oxygens (including phenoxy) is 1. The maximum Gasteiger partial charge on any atom is 0.356 e. The van der Waals surface area contributed by atoms with Gasteiger partial charge in [-0.05, 0) is 30.4 Å². The van der Waals surface area contributed by atoms with Crippen LogP contribution in [0.3, 0.4) is 0 Å². The van der Waals surface area contributed by atoms with Crippen molar-refractivity contribution >= 4 is 33.4 Å². The van der Waals surface area contributed by atoms with E-state index in [2.05, 4.69) is 5.32 Å². The minimum Gasteiger partial charge on any atom is -0.443 e. The molecule has 1 amide bonds. The molecule has 3 aromatic rings. The highest BCUT2D eigenvalue weighted by atomic mass is 32.1. The molecule has 4 rings (SSSR count). The number of amides is 1. The average molecular weight is 382 g/mol. The lowest BCUT2D eigenvalue weighted by atomic mass is 10.1. The van der Waals surface area contributed by atoms with Crippen LogP contribution in [0.5, 0.6) is 0 Å². The first-order valence-corrected chi connectivity index (χ1v) is 10.1. The summed E-state index contributed by atoms with van der Waals surface area (Å²) in [5, 5.41) is 5.04. The van der Waals surface area contributed by atoms with Crippen LogP contribution in [0.2, 0.25) is 0 Å². The van der Waals surface area contributed by atoms with E-state index in [1.165, 1.54) is 0 Å². The van der Waals surface area contributed by atoms with Gasteiger partial charge < -0.3 is 14.6 Å². The molecule has 0 unspecified atom stereocenters. The number of esters is 1. The summed E-state index contributed by atoms with van der Waals surface area (Å²) in [5.41, 5.74) is 2.11. The van der Waals surface area contributed by atoms with E-state index in [1.807, 2.05) is 59.5 Å². The fourth-order valence-corrected chi connectivity index (χ4v) is 4.51. The highest BCUT2D eigenvalue weighted by Gasteiger charge is 2.29. The Morgan fingerprint density at radius 2 is 1.93 bits per heavy atom. The van der Waals surface area contributed by atoms with Gasteiger partial charge in [0, 0.05) is 18.7 Å². The van der Waals surface area contributed by atoms with E-state index in [9.17, 15) is 9.59 Å². The number of nitrogens with one attached hydrogen (secondary N) is 1. The zero-order chi connectivity index (χ0) is 18.8. The van der Waals surface area contributed by atoms with Gasteiger partial charge in [0.15, 0.2) is 0 Å². The topological polar surface area (TPSA) is 60.3 Å². The van der Waals surface area contributed by atoms with E-state index >= 15 is 0 Å². The monoisotopic (exact) mass is 382 g/mol. The van der Waals surface area contributed by atoms with Gasteiger partial charge in [-0.3, -0.25) is 4.79 Å². The molecule has 5 nitrogen and oxygen atoms in total. The Morgan fingerprint density at radius 3 is 2.63 bits per heavy atom. The summed E-state index contributed by atoms with van der Waals surface area (Å²) in [6.07, 6.45) is 3.26. The smallest absolute Gasteiger partial charge is 0.356 e. The van der Waals surface area contributed by atoms with E-state index in [0.29, 0.717) is 11.3 Å². The molecule has 1 aliphatic carbocycles. The van der Waals surface area contributed by atoms with Gasteiger partial charge >= 0.3 is 5.97 Å². The van der Waals surface area contributed by atoms with Crippen molar-refractivity contribution in [3.05, 3.63) is 59.1 Å². The van der Waals surface area contributed by atoms with Crippen LogP contribution in [0, 0.1) is 0 Å². The summed E-state index contributed by atoms with van der Waals surface area (Å²) in [4.78, 5) is 25.7. The number of fused-ring (bicyclic) bond motifs is 1. The van der Waals surface area contributed by atoms with Crippen LogP contribution in [-0.4, -0.2) is 22.5 Å². The van der Waals surface area contributed by atoms with Gasteiger partial charge in [0.1, 0.15) is 5.69 Å². The molecule has 0 saturated heterocycles. The van der Waals surface area contributed by atoms with E-state index in [0.717, 1.165) is 35.9 Å². The normalized spacial score (nSPS) is 15.7. The number of nitrogens with zero attached hydrogens (tertiary/aromatic N) is 1. The predicted octanol–water partition coefficient (Wildman–Crippen LogP) is 4.20. The van der Waals surface area contributed by atoms with Crippen molar-refractivity contribution in [1.82, 2.24) is 9.88 Å². The highest BCUT2D eigenvalue weighted by molar-refractivity contribution is 7.17. The third kappa shape index (κ3) is 3.62. The van der Waals surface area contributed by atoms with E-state index in [1.54, 1.807) is 11.3 Å². The van der Waals surface area contributed by atoms with Crippen molar-refractivity contribution in [2.24, 2.45) is 7.05 Å². The third-order valence-electron chi connectivity index (χ3n) is 5.14. The molecule has 2 heterocycles. The molecule has 0 radical (unpaired) electrons. The number of rotatable bonds is 5. The Morgan fingerprint density at radius 1 is 1.19 bits per heavy atom. The maximum absolute atomic E-state index is 12.9. The lowest BCUT2D eigenvalue weighted by Gasteiger charge is -2.20. The van der Waals surface area contributed by atoms with Gasteiger partial charge in [0.05, 0.1) is 10.2 Å². The van der Waals surface area contributed by atoms with Crippen molar-refractivity contribution < 1.29 is 14.3 Å². The van der Waals surface area contributed by atoms with Gasteiger partial charge in [0.25, 0.3) is 5.91 Å².